The minimum absolute atomic E-state index is 0.375. The summed E-state index contributed by atoms with van der Waals surface area (Å²) < 4.78 is 8.28. The zero-order chi connectivity index (χ0) is 13.2. The van der Waals surface area contributed by atoms with Gasteiger partial charge in [-0.05, 0) is 0 Å². The van der Waals surface area contributed by atoms with Gasteiger partial charge in [0.05, 0.1) is 13.2 Å². The predicted octanol–water partition coefficient (Wildman–Crippen LogP) is -0.827. The molecule has 17 heavy (non-hydrogen) atoms. The molecule has 1 saturated heterocycles. The highest BCUT2D eigenvalue weighted by Crippen LogP contribution is 2.29. The van der Waals surface area contributed by atoms with Crippen molar-refractivity contribution in [2.45, 2.75) is 34.5 Å². The van der Waals surface area contributed by atoms with Crippen molar-refractivity contribution in [3.8, 4) is 0 Å². The van der Waals surface area contributed by atoms with E-state index in [-0.39, 0.29) is 6.61 Å². The van der Waals surface area contributed by atoms with Crippen LogP contribution in [-0.4, -0.2) is 68.1 Å². The maximum Gasteiger partial charge on any atom is 0.213 e. The van der Waals surface area contributed by atoms with Gasteiger partial charge in [0.2, 0.25) is 3.79 Å². The van der Waals surface area contributed by atoms with E-state index in [1.165, 1.54) is 0 Å². The molecule has 0 aromatic heterocycles. The fourth-order valence-electron chi connectivity index (χ4n) is 1.38. The van der Waals surface area contributed by atoms with Gasteiger partial charge in [0.25, 0.3) is 0 Å². The summed E-state index contributed by atoms with van der Waals surface area (Å²) >= 11 is 16.3. The monoisotopic (exact) mass is 310 g/mol. The number of ether oxygens (including phenoxy) is 2. The highest BCUT2D eigenvalue weighted by Gasteiger charge is 2.44. The highest BCUT2D eigenvalue weighted by molar-refractivity contribution is 6.67. The molecule has 1 rings (SSSR count). The van der Waals surface area contributed by atoms with Gasteiger partial charge in [-0.2, -0.15) is 0 Å². The van der Waals surface area contributed by atoms with Gasteiger partial charge in [-0.1, -0.05) is 34.8 Å². The number of rotatable bonds is 3. The maximum absolute atomic E-state index is 9.55. The topological polar surface area (TPSA) is 99.4 Å². The normalized spacial score (nSPS) is 39.4. The Morgan fingerprint density at radius 2 is 1.65 bits per heavy atom. The molecular formula is C8H13Cl3O6. The van der Waals surface area contributed by atoms with Gasteiger partial charge < -0.3 is 29.9 Å². The quantitative estimate of drug-likeness (QED) is 0.508. The van der Waals surface area contributed by atoms with E-state index in [4.69, 9.17) is 49.4 Å². The predicted molar refractivity (Wildman–Crippen MR) is 60.0 cm³/mol. The summed E-state index contributed by atoms with van der Waals surface area (Å²) in [7, 11) is 0. The van der Waals surface area contributed by atoms with Crippen LogP contribution in [0.25, 0.3) is 0 Å². The van der Waals surface area contributed by atoms with Gasteiger partial charge in [-0.3, -0.25) is 0 Å². The van der Waals surface area contributed by atoms with Crippen molar-refractivity contribution in [1.82, 2.24) is 0 Å². The summed E-state index contributed by atoms with van der Waals surface area (Å²) in [6.07, 6.45) is -6.79. The molecule has 102 valence electrons. The lowest BCUT2D eigenvalue weighted by Gasteiger charge is -2.39. The van der Waals surface area contributed by atoms with E-state index in [9.17, 15) is 15.3 Å². The molecule has 1 aliphatic rings. The first-order valence-electron chi connectivity index (χ1n) is 4.75. The zero-order valence-corrected chi connectivity index (χ0v) is 10.8. The van der Waals surface area contributed by atoms with Crippen LogP contribution in [0.3, 0.4) is 0 Å². The van der Waals surface area contributed by atoms with E-state index in [0.29, 0.717) is 0 Å². The molecule has 4 N–H and O–H groups in total. The average molecular weight is 312 g/mol. The molecule has 5 atom stereocenters. The van der Waals surface area contributed by atoms with Gasteiger partial charge in [0, 0.05) is 0 Å². The molecule has 5 unspecified atom stereocenters. The van der Waals surface area contributed by atoms with Crippen LogP contribution in [0.15, 0.2) is 0 Å². The van der Waals surface area contributed by atoms with Crippen molar-refractivity contribution in [2.24, 2.45) is 0 Å². The zero-order valence-electron chi connectivity index (χ0n) is 8.54. The summed E-state index contributed by atoms with van der Waals surface area (Å²) in [4.78, 5) is 0. The number of aliphatic hydroxyl groups is 4. The Hall–Kier alpha value is 0.630. The van der Waals surface area contributed by atoms with Crippen LogP contribution in [0.2, 0.25) is 0 Å². The Balaban J connectivity index is 2.59. The molecule has 0 radical (unpaired) electrons. The molecule has 0 bridgehead atoms. The Labute approximate surface area is 113 Å². The summed E-state index contributed by atoms with van der Waals surface area (Å²) in [6.45, 7) is -0.918. The van der Waals surface area contributed by atoms with E-state index in [2.05, 4.69) is 0 Å². The van der Waals surface area contributed by atoms with Crippen molar-refractivity contribution < 1.29 is 29.9 Å². The molecule has 1 aliphatic heterocycles. The third-order valence-corrected chi connectivity index (χ3v) is 2.59. The third kappa shape index (κ3) is 4.34. The van der Waals surface area contributed by atoms with E-state index in [1.807, 2.05) is 0 Å². The van der Waals surface area contributed by atoms with E-state index in [1.54, 1.807) is 0 Å². The van der Waals surface area contributed by atoms with Crippen molar-refractivity contribution >= 4 is 34.8 Å². The van der Waals surface area contributed by atoms with E-state index < -0.39 is 41.1 Å². The summed E-state index contributed by atoms with van der Waals surface area (Å²) in [5.41, 5.74) is 0. The van der Waals surface area contributed by atoms with Crippen molar-refractivity contribution in [2.75, 3.05) is 13.2 Å². The summed E-state index contributed by atoms with van der Waals surface area (Å²) in [5, 5.41) is 37.3. The number of alkyl halides is 3. The fourth-order valence-corrected chi connectivity index (χ4v) is 1.57. The lowest BCUT2D eigenvalue weighted by molar-refractivity contribution is -0.300. The molecule has 0 aromatic rings. The number of hydrogen-bond acceptors (Lipinski definition) is 6. The lowest BCUT2D eigenvalue weighted by Crippen LogP contribution is -2.59. The third-order valence-electron chi connectivity index (χ3n) is 2.26. The van der Waals surface area contributed by atoms with E-state index >= 15 is 0 Å². The van der Waals surface area contributed by atoms with Crippen LogP contribution in [0.1, 0.15) is 0 Å². The first-order chi connectivity index (χ1) is 7.76. The first kappa shape index (κ1) is 15.7. The molecule has 0 saturated carbocycles. The molecule has 6 nitrogen and oxygen atoms in total. The SMILES string of the molecule is OCC1OC(OCC(Cl)(Cl)Cl)C(O)C(O)C1O. The second kappa shape index (κ2) is 6.18. The fraction of sp³-hybridized carbons (Fsp3) is 1.00. The average Bonchev–Trinajstić information content (AvgIpc) is 2.24. The second-order valence-electron chi connectivity index (χ2n) is 3.62. The molecule has 0 amide bonds. The highest BCUT2D eigenvalue weighted by atomic mass is 35.6. The number of halogens is 3. The number of hydrogen-bond donors (Lipinski definition) is 4. The number of aliphatic hydroxyl groups excluding tert-OH is 4. The van der Waals surface area contributed by atoms with Crippen molar-refractivity contribution in [3.05, 3.63) is 0 Å². The Morgan fingerprint density at radius 1 is 1.06 bits per heavy atom. The van der Waals surface area contributed by atoms with Crippen LogP contribution in [0.4, 0.5) is 0 Å². The molecule has 0 aliphatic carbocycles. The minimum Gasteiger partial charge on any atom is -0.394 e. The van der Waals surface area contributed by atoms with Gasteiger partial charge >= 0.3 is 0 Å². The molecular weight excluding hydrogens is 298 g/mol. The van der Waals surface area contributed by atoms with Gasteiger partial charge in [0.1, 0.15) is 24.4 Å². The maximum atomic E-state index is 9.55. The Morgan fingerprint density at radius 3 is 2.12 bits per heavy atom. The molecule has 1 heterocycles. The second-order valence-corrected chi connectivity index (χ2v) is 6.14. The molecule has 9 heteroatoms. The van der Waals surface area contributed by atoms with Gasteiger partial charge in [-0.25, -0.2) is 0 Å². The van der Waals surface area contributed by atoms with E-state index in [0.717, 1.165) is 0 Å². The standard InChI is InChI=1S/C8H13Cl3O6/c9-8(10,11)2-16-7-6(15)5(14)4(13)3(1-12)17-7/h3-7,12-15H,1-2H2. The van der Waals surface area contributed by atoms with Gasteiger partial charge in [-0.15, -0.1) is 0 Å². The largest absolute Gasteiger partial charge is 0.394 e. The van der Waals surface area contributed by atoms with Crippen molar-refractivity contribution in [3.63, 3.8) is 0 Å². The Kier molecular flexibility index (Phi) is 5.71. The van der Waals surface area contributed by atoms with Crippen LogP contribution in [-0.2, 0) is 9.47 Å². The smallest absolute Gasteiger partial charge is 0.213 e. The van der Waals surface area contributed by atoms with Crippen LogP contribution < -0.4 is 0 Å². The summed E-state index contributed by atoms with van der Waals surface area (Å²) in [5.74, 6) is 0. The minimum atomic E-state index is -1.70. The van der Waals surface area contributed by atoms with Gasteiger partial charge in [0.15, 0.2) is 6.29 Å². The Bertz CT molecular complexity index is 246. The molecule has 1 fully saturated rings. The van der Waals surface area contributed by atoms with Crippen molar-refractivity contribution in [1.29, 1.82) is 0 Å². The van der Waals surface area contributed by atoms with Crippen LogP contribution in [0.5, 0.6) is 0 Å². The first-order valence-corrected chi connectivity index (χ1v) is 5.88. The lowest BCUT2D eigenvalue weighted by atomic mass is 9.99. The molecule has 0 spiro atoms. The summed E-state index contributed by atoms with van der Waals surface area (Å²) in [6, 6.07) is 0. The van der Waals surface area contributed by atoms with Crippen LogP contribution in [0, 0.1) is 0 Å². The van der Waals surface area contributed by atoms with Crippen LogP contribution >= 0.6 is 34.8 Å². The molecule has 0 aromatic carbocycles.